The zero-order valence-electron chi connectivity index (χ0n) is 10.8. The second kappa shape index (κ2) is 4.37. The zero-order chi connectivity index (χ0) is 11.9. The Labute approximate surface area is 99.3 Å². The molecule has 0 aromatic heterocycles. The van der Waals surface area contributed by atoms with Gasteiger partial charge in [-0.3, -0.25) is 0 Å². The van der Waals surface area contributed by atoms with Crippen molar-refractivity contribution in [3.05, 3.63) is 23.3 Å². The molecule has 2 unspecified atom stereocenters. The lowest BCUT2D eigenvalue weighted by Gasteiger charge is -2.18. The molecule has 0 aromatic carbocycles. The van der Waals surface area contributed by atoms with Crippen LogP contribution >= 0.6 is 0 Å². The van der Waals surface area contributed by atoms with Crippen LogP contribution in [0.1, 0.15) is 46.5 Å². The minimum atomic E-state index is -0.163. The number of hydrogen-bond acceptors (Lipinski definition) is 1. The molecular weight excluding hydrogens is 196 g/mol. The molecular formula is C15H24O. The second-order valence-corrected chi connectivity index (χ2v) is 5.86. The van der Waals surface area contributed by atoms with Crippen molar-refractivity contribution in [2.75, 3.05) is 0 Å². The fourth-order valence-electron chi connectivity index (χ4n) is 3.46. The Bertz CT molecular complexity index is 326. The maximum atomic E-state index is 10.1. The molecule has 2 aliphatic carbocycles. The Kier molecular flexibility index (Phi) is 3.25. The van der Waals surface area contributed by atoms with E-state index in [1.807, 2.05) is 0 Å². The standard InChI is InChI=1S/C15H24O/c1-9(2)12-6-5-10(3)15-13(8-12)11(4)7-14(15)16/h10-12,14,16H,1,5-8H2,2-4H3/t10?,11-,12+,14?/m0/s1. The number of hydrogen-bond donors (Lipinski definition) is 1. The van der Waals surface area contributed by atoms with E-state index in [-0.39, 0.29) is 6.10 Å². The minimum absolute atomic E-state index is 0.163. The molecule has 0 heterocycles. The number of allylic oxidation sites excluding steroid dienone is 2. The topological polar surface area (TPSA) is 20.2 Å². The maximum Gasteiger partial charge on any atom is 0.0761 e. The third-order valence-corrected chi connectivity index (χ3v) is 4.54. The molecule has 1 nitrogen and oxygen atoms in total. The average molecular weight is 220 g/mol. The first kappa shape index (κ1) is 11.9. The smallest absolute Gasteiger partial charge is 0.0761 e. The molecule has 0 aromatic rings. The summed E-state index contributed by atoms with van der Waals surface area (Å²) in [7, 11) is 0. The van der Waals surface area contributed by atoms with E-state index >= 15 is 0 Å². The fraction of sp³-hybridized carbons (Fsp3) is 0.733. The van der Waals surface area contributed by atoms with Crippen molar-refractivity contribution in [3.8, 4) is 0 Å². The molecule has 2 rings (SSSR count). The second-order valence-electron chi connectivity index (χ2n) is 5.86. The van der Waals surface area contributed by atoms with E-state index in [0.717, 1.165) is 12.8 Å². The van der Waals surface area contributed by atoms with Crippen LogP contribution in [0.2, 0.25) is 0 Å². The molecule has 1 N–H and O–H groups in total. The predicted octanol–water partition coefficient (Wildman–Crippen LogP) is 3.70. The maximum absolute atomic E-state index is 10.1. The van der Waals surface area contributed by atoms with Gasteiger partial charge in [0.1, 0.15) is 0 Å². The van der Waals surface area contributed by atoms with Crippen LogP contribution in [-0.4, -0.2) is 11.2 Å². The van der Waals surface area contributed by atoms with E-state index in [4.69, 9.17) is 0 Å². The van der Waals surface area contributed by atoms with Crippen LogP contribution < -0.4 is 0 Å². The van der Waals surface area contributed by atoms with E-state index < -0.39 is 0 Å². The molecule has 0 saturated heterocycles. The molecule has 0 bridgehead atoms. The molecule has 0 radical (unpaired) electrons. The van der Waals surface area contributed by atoms with Gasteiger partial charge in [0, 0.05) is 0 Å². The van der Waals surface area contributed by atoms with Crippen LogP contribution in [-0.2, 0) is 0 Å². The van der Waals surface area contributed by atoms with Gasteiger partial charge in [-0.05, 0) is 55.9 Å². The summed E-state index contributed by atoms with van der Waals surface area (Å²) in [6, 6.07) is 0. The van der Waals surface area contributed by atoms with E-state index in [1.54, 1.807) is 5.57 Å². The van der Waals surface area contributed by atoms with Crippen molar-refractivity contribution in [3.63, 3.8) is 0 Å². The van der Waals surface area contributed by atoms with E-state index in [0.29, 0.717) is 17.8 Å². The molecule has 90 valence electrons. The van der Waals surface area contributed by atoms with Gasteiger partial charge in [0.25, 0.3) is 0 Å². The normalized spacial score (nSPS) is 39.5. The summed E-state index contributed by atoms with van der Waals surface area (Å²) in [6.07, 6.45) is 4.37. The van der Waals surface area contributed by atoms with Gasteiger partial charge in [0.15, 0.2) is 0 Å². The van der Waals surface area contributed by atoms with Crippen molar-refractivity contribution in [1.82, 2.24) is 0 Å². The molecule has 4 atom stereocenters. The summed E-state index contributed by atoms with van der Waals surface area (Å²) in [5.41, 5.74) is 4.23. The zero-order valence-corrected chi connectivity index (χ0v) is 10.8. The van der Waals surface area contributed by atoms with Gasteiger partial charge in [-0.2, -0.15) is 0 Å². The lowest BCUT2D eigenvalue weighted by atomic mass is 9.87. The summed E-state index contributed by atoms with van der Waals surface area (Å²) in [6.45, 7) is 10.8. The molecule has 0 spiro atoms. The minimum Gasteiger partial charge on any atom is -0.389 e. The molecule has 0 amide bonds. The highest BCUT2D eigenvalue weighted by Crippen LogP contribution is 2.45. The Hall–Kier alpha value is -0.560. The first-order valence-corrected chi connectivity index (χ1v) is 6.57. The van der Waals surface area contributed by atoms with Gasteiger partial charge in [-0.15, -0.1) is 0 Å². The summed E-state index contributed by atoms with van der Waals surface area (Å²) in [5.74, 6) is 1.79. The fourth-order valence-corrected chi connectivity index (χ4v) is 3.46. The largest absolute Gasteiger partial charge is 0.389 e. The van der Waals surface area contributed by atoms with Gasteiger partial charge in [0.05, 0.1) is 6.10 Å². The first-order chi connectivity index (χ1) is 7.50. The Morgan fingerprint density at radius 2 is 1.94 bits per heavy atom. The lowest BCUT2D eigenvalue weighted by Crippen LogP contribution is -2.12. The third kappa shape index (κ3) is 1.98. The van der Waals surface area contributed by atoms with Crippen LogP contribution in [0.3, 0.4) is 0 Å². The highest BCUT2D eigenvalue weighted by atomic mass is 16.3. The SMILES string of the molecule is C=C(C)[C@@H]1CCC(C)C2=C(C1)[C@@H](C)CC2O. The van der Waals surface area contributed by atoms with Crippen LogP contribution in [0.15, 0.2) is 23.3 Å². The molecule has 0 fully saturated rings. The highest BCUT2D eigenvalue weighted by Gasteiger charge is 2.35. The van der Waals surface area contributed by atoms with E-state index in [2.05, 4.69) is 27.4 Å². The highest BCUT2D eigenvalue weighted by molar-refractivity contribution is 5.31. The van der Waals surface area contributed by atoms with Crippen molar-refractivity contribution in [2.45, 2.75) is 52.6 Å². The average Bonchev–Trinajstić information content (AvgIpc) is 2.39. The number of rotatable bonds is 1. The van der Waals surface area contributed by atoms with Gasteiger partial charge >= 0.3 is 0 Å². The first-order valence-electron chi connectivity index (χ1n) is 6.57. The summed E-state index contributed by atoms with van der Waals surface area (Å²) in [5, 5.41) is 10.1. The Morgan fingerprint density at radius 3 is 2.56 bits per heavy atom. The third-order valence-electron chi connectivity index (χ3n) is 4.54. The van der Waals surface area contributed by atoms with Crippen LogP contribution in [0, 0.1) is 17.8 Å². The van der Waals surface area contributed by atoms with Gasteiger partial charge in [-0.1, -0.05) is 31.6 Å². The van der Waals surface area contributed by atoms with Crippen molar-refractivity contribution in [2.24, 2.45) is 17.8 Å². The number of aliphatic hydroxyl groups excluding tert-OH is 1. The monoisotopic (exact) mass is 220 g/mol. The summed E-state index contributed by atoms with van der Waals surface area (Å²) in [4.78, 5) is 0. The van der Waals surface area contributed by atoms with Crippen LogP contribution in [0.4, 0.5) is 0 Å². The lowest BCUT2D eigenvalue weighted by molar-refractivity contribution is 0.189. The molecule has 16 heavy (non-hydrogen) atoms. The van der Waals surface area contributed by atoms with Gasteiger partial charge in [0.2, 0.25) is 0 Å². The summed E-state index contributed by atoms with van der Waals surface area (Å²) >= 11 is 0. The Balaban J connectivity index is 2.29. The van der Waals surface area contributed by atoms with Crippen molar-refractivity contribution >= 4 is 0 Å². The number of aliphatic hydroxyl groups is 1. The van der Waals surface area contributed by atoms with E-state index in [1.165, 1.54) is 24.0 Å². The Morgan fingerprint density at radius 1 is 1.25 bits per heavy atom. The molecule has 2 aliphatic rings. The molecule has 0 aliphatic heterocycles. The molecule has 1 heteroatoms. The summed E-state index contributed by atoms with van der Waals surface area (Å²) < 4.78 is 0. The van der Waals surface area contributed by atoms with Gasteiger partial charge < -0.3 is 5.11 Å². The van der Waals surface area contributed by atoms with Crippen LogP contribution in [0.5, 0.6) is 0 Å². The van der Waals surface area contributed by atoms with Crippen molar-refractivity contribution in [1.29, 1.82) is 0 Å². The van der Waals surface area contributed by atoms with E-state index in [9.17, 15) is 5.11 Å². The van der Waals surface area contributed by atoms with Crippen LogP contribution in [0.25, 0.3) is 0 Å². The predicted molar refractivity (Wildman–Crippen MR) is 68.1 cm³/mol. The van der Waals surface area contributed by atoms with Crippen molar-refractivity contribution < 1.29 is 5.11 Å². The quantitative estimate of drug-likeness (QED) is 0.668. The molecule has 0 saturated carbocycles. The van der Waals surface area contributed by atoms with Gasteiger partial charge in [-0.25, -0.2) is 0 Å².